The van der Waals surface area contributed by atoms with Crippen LogP contribution in [-0.2, 0) is 0 Å². The number of thiophene rings is 1. The molecule has 15 heavy (non-hydrogen) atoms. The lowest BCUT2D eigenvalue weighted by atomic mass is 10.2. The summed E-state index contributed by atoms with van der Waals surface area (Å²) in [7, 11) is 0. The second-order valence-electron chi connectivity index (χ2n) is 2.97. The van der Waals surface area contributed by atoms with Gasteiger partial charge in [0.05, 0.1) is 4.21 Å². The standard InChI is InChI=1S/C11H9NOS2/c1-8(13)9-4-5-12-10(7-9)15-11-3-2-6-14-11/h2-7H,1H3. The van der Waals surface area contributed by atoms with Crippen molar-refractivity contribution in [2.24, 2.45) is 0 Å². The first-order valence-corrected chi connectivity index (χ1v) is 6.13. The molecule has 2 heterocycles. The smallest absolute Gasteiger partial charge is 0.159 e. The minimum absolute atomic E-state index is 0.0745. The van der Waals surface area contributed by atoms with Gasteiger partial charge in [-0.2, -0.15) is 0 Å². The third-order valence-electron chi connectivity index (χ3n) is 1.84. The Balaban J connectivity index is 2.22. The maximum Gasteiger partial charge on any atom is 0.159 e. The van der Waals surface area contributed by atoms with Crippen molar-refractivity contribution < 1.29 is 4.79 Å². The van der Waals surface area contributed by atoms with E-state index in [0.717, 1.165) is 5.03 Å². The van der Waals surface area contributed by atoms with E-state index in [1.807, 2.05) is 23.6 Å². The number of pyridine rings is 1. The number of rotatable bonds is 3. The highest BCUT2D eigenvalue weighted by atomic mass is 32.2. The Morgan fingerprint density at radius 1 is 1.47 bits per heavy atom. The van der Waals surface area contributed by atoms with Crippen molar-refractivity contribution >= 4 is 28.9 Å². The first-order chi connectivity index (χ1) is 7.25. The van der Waals surface area contributed by atoms with Crippen molar-refractivity contribution in [2.45, 2.75) is 16.2 Å². The van der Waals surface area contributed by atoms with Crippen LogP contribution in [0.1, 0.15) is 17.3 Å². The molecule has 2 nitrogen and oxygen atoms in total. The van der Waals surface area contributed by atoms with E-state index in [0.29, 0.717) is 5.56 Å². The minimum atomic E-state index is 0.0745. The zero-order chi connectivity index (χ0) is 10.7. The minimum Gasteiger partial charge on any atom is -0.295 e. The molecule has 0 N–H and O–H groups in total. The van der Waals surface area contributed by atoms with E-state index >= 15 is 0 Å². The summed E-state index contributed by atoms with van der Waals surface area (Å²) in [5.41, 5.74) is 0.712. The average Bonchev–Trinajstić information content (AvgIpc) is 2.71. The second kappa shape index (κ2) is 4.59. The lowest BCUT2D eigenvalue weighted by Crippen LogP contribution is -1.92. The van der Waals surface area contributed by atoms with Crippen molar-refractivity contribution in [2.75, 3.05) is 0 Å². The van der Waals surface area contributed by atoms with Crippen LogP contribution in [-0.4, -0.2) is 10.8 Å². The molecular formula is C11H9NOS2. The first kappa shape index (κ1) is 10.4. The van der Waals surface area contributed by atoms with Crippen LogP contribution < -0.4 is 0 Å². The normalized spacial score (nSPS) is 10.2. The number of hydrogen-bond donors (Lipinski definition) is 0. The molecule has 0 saturated heterocycles. The fourth-order valence-corrected chi connectivity index (χ4v) is 2.82. The zero-order valence-corrected chi connectivity index (χ0v) is 9.77. The molecule has 2 aromatic rings. The van der Waals surface area contributed by atoms with Crippen molar-refractivity contribution in [3.63, 3.8) is 0 Å². The molecule has 0 aromatic carbocycles. The Labute approximate surface area is 96.4 Å². The molecule has 0 radical (unpaired) electrons. The van der Waals surface area contributed by atoms with Gasteiger partial charge in [-0.25, -0.2) is 4.98 Å². The summed E-state index contributed by atoms with van der Waals surface area (Å²) in [6.07, 6.45) is 1.67. The van der Waals surface area contributed by atoms with Crippen LogP contribution in [0.2, 0.25) is 0 Å². The predicted octanol–water partition coefficient (Wildman–Crippen LogP) is 3.50. The van der Waals surface area contributed by atoms with Crippen molar-refractivity contribution in [3.8, 4) is 0 Å². The van der Waals surface area contributed by atoms with E-state index in [1.54, 1.807) is 42.3 Å². The summed E-state index contributed by atoms with van der Waals surface area (Å²) in [6.45, 7) is 1.56. The molecule has 0 unspecified atom stereocenters. The van der Waals surface area contributed by atoms with Gasteiger partial charge in [0.2, 0.25) is 0 Å². The van der Waals surface area contributed by atoms with Gasteiger partial charge in [0.1, 0.15) is 5.03 Å². The van der Waals surface area contributed by atoms with Gasteiger partial charge in [0.15, 0.2) is 5.78 Å². The fraction of sp³-hybridized carbons (Fsp3) is 0.0909. The predicted molar refractivity (Wildman–Crippen MR) is 62.7 cm³/mol. The summed E-state index contributed by atoms with van der Waals surface area (Å²) in [5, 5.41) is 2.89. The van der Waals surface area contributed by atoms with E-state index in [4.69, 9.17) is 0 Å². The molecule has 0 aliphatic heterocycles. The molecule has 76 valence electrons. The van der Waals surface area contributed by atoms with Gasteiger partial charge in [-0.1, -0.05) is 17.8 Å². The fourth-order valence-electron chi connectivity index (χ4n) is 1.11. The molecular weight excluding hydrogens is 226 g/mol. The van der Waals surface area contributed by atoms with Crippen LogP contribution in [0.3, 0.4) is 0 Å². The van der Waals surface area contributed by atoms with Gasteiger partial charge in [-0.3, -0.25) is 4.79 Å². The van der Waals surface area contributed by atoms with E-state index < -0.39 is 0 Å². The van der Waals surface area contributed by atoms with Crippen LogP contribution in [0.5, 0.6) is 0 Å². The molecule has 0 atom stereocenters. The molecule has 0 saturated carbocycles. The summed E-state index contributed by atoms with van der Waals surface area (Å²) >= 11 is 3.25. The number of nitrogens with zero attached hydrogens (tertiary/aromatic N) is 1. The highest BCUT2D eigenvalue weighted by Crippen LogP contribution is 2.29. The number of hydrogen-bond acceptors (Lipinski definition) is 4. The third-order valence-corrected chi connectivity index (χ3v) is 3.81. The quantitative estimate of drug-likeness (QED) is 0.763. The van der Waals surface area contributed by atoms with Gasteiger partial charge >= 0.3 is 0 Å². The van der Waals surface area contributed by atoms with Crippen molar-refractivity contribution in [1.82, 2.24) is 4.98 Å². The summed E-state index contributed by atoms with van der Waals surface area (Å²) in [5.74, 6) is 0.0745. The van der Waals surface area contributed by atoms with Gasteiger partial charge < -0.3 is 0 Å². The Morgan fingerprint density at radius 3 is 3.00 bits per heavy atom. The Bertz CT molecular complexity index is 465. The lowest BCUT2D eigenvalue weighted by molar-refractivity contribution is 0.101. The van der Waals surface area contributed by atoms with E-state index in [-0.39, 0.29) is 5.78 Å². The maximum absolute atomic E-state index is 11.2. The number of ketones is 1. The topological polar surface area (TPSA) is 30.0 Å². The molecule has 4 heteroatoms. The highest BCUT2D eigenvalue weighted by Gasteiger charge is 2.03. The first-order valence-electron chi connectivity index (χ1n) is 4.44. The zero-order valence-electron chi connectivity index (χ0n) is 8.14. The molecule has 0 aliphatic rings. The summed E-state index contributed by atoms with van der Waals surface area (Å²) < 4.78 is 1.18. The number of aromatic nitrogens is 1. The Hall–Kier alpha value is -1.13. The Morgan fingerprint density at radius 2 is 2.33 bits per heavy atom. The van der Waals surface area contributed by atoms with E-state index in [9.17, 15) is 4.79 Å². The van der Waals surface area contributed by atoms with Gasteiger partial charge in [-0.05, 0) is 30.5 Å². The van der Waals surface area contributed by atoms with Crippen molar-refractivity contribution in [3.05, 3.63) is 41.4 Å². The van der Waals surface area contributed by atoms with Crippen molar-refractivity contribution in [1.29, 1.82) is 0 Å². The van der Waals surface area contributed by atoms with Gasteiger partial charge in [0, 0.05) is 11.8 Å². The molecule has 0 aliphatic carbocycles. The van der Waals surface area contributed by atoms with Crippen LogP contribution in [0.15, 0.2) is 45.1 Å². The molecule has 0 bridgehead atoms. The maximum atomic E-state index is 11.2. The highest BCUT2D eigenvalue weighted by molar-refractivity contribution is 8.01. The third kappa shape index (κ3) is 2.67. The summed E-state index contributed by atoms with van der Waals surface area (Å²) in [4.78, 5) is 15.4. The van der Waals surface area contributed by atoms with Crippen LogP contribution in [0.25, 0.3) is 0 Å². The number of Topliss-reactive ketones (excluding diaryl/α,β-unsaturated/α-hetero) is 1. The average molecular weight is 235 g/mol. The van der Waals surface area contributed by atoms with Crippen LogP contribution >= 0.6 is 23.1 Å². The monoisotopic (exact) mass is 235 g/mol. The largest absolute Gasteiger partial charge is 0.295 e. The molecule has 0 amide bonds. The molecule has 0 fully saturated rings. The number of carbonyl (C=O) groups is 1. The van der Waals surface area contributed by atoms with Crippen LogP contribution in [0.4, 0.5) is 0 Å². The second-order valence-corrected chi connectivity index (χ2v) is 5.24. The van der Waals surface area contributed by atoms with Gasteiger partial charge in [-0.15, -0.1) is 11.3 Å². The molecule has 2 rings (SSSR count). The van der Waals surface area contributed by atoms with E-state index in [2.05, 4.69) is 4.98 Å². The van der Waals surface area contributed by atoms with Gasteiger partial charge in [0.25, 0.3) is 0 Å². The summed E-state index contributed by atoms with van der Waals surface area (Å²) in [6, 6.07) is 7.60. The number of carbonyl (C=O) groups excluding carboxylic acids is 1. The molecule has 0 spiro atoms. The lowest BCUT2D eigenvalue weighted by Gasteiger charge is -1.99. The SMILES string of the molecule is CC(=O)c1ccnc(Sc2cccs2)c1. The Kier molecular flexibility index (Phi) is 3.18. The van der Waals surface area contributed by atoms with E-state index in [1.165, 1.54) is 4.21 Å². The van der Waals surface area contributed by atoms with Crippen LogP contribution in [0, 0.1) is 0 Å². The molecule has 2 aromatic heterocycles.